The van der Waals surface area contributed by atoms with E-state index in [1.807, 2.05) is 13.0 Å². The Labute approximate surface area is 102 Å². The van der Waals surface area contributed by atoms with E-state index in [9.17, 15) is 9.50 Å². The minimum atomic E-state index is -0.178. The molecule has 0 radical (unpaired) electrons. The van der Waals surface area contributed by atoms with Crippen molar-refractivity contribution in [1.82, 2.24) is 4.90 Å². The van der Waals surface area contributed by atoms with E-state index in [1.165, 1.54) is 18.9 Å². The molecular weight excluding hydrogens is 217 g/mol. The summed E-state index contributed by atoms with van der Waals surface area (Å²) in [7, 11) is 0. The Kier molecular flexibility index (Phi) is 4.13. The first kappa shape index (κ1) is 12.5. The number of halogens is 1. The molecular formula is C14H20FNO. The van der Waals surface area contributed by atoms with E-state index < -0.39 is 0 Å². The largest absolute Gasteiger partial charge is 0.395 e. The van der Waals surface area contributed by atoms with Gasteiger partial charge in [-0.15, -0.1) is 0 Å². The van der Waals surface area contributed by atoms with Crippen molar-refractivity contribution in [3.63, 3.8) is 0 Å². The quantitative estimate of drug-likeness (QED) is 0.873. The van der Waals surface area contributed by atoms with Gasteiger partial charge in [0, 0.05) is 12.6 Å². The Morgan fingerprint density at radius 1 is 1.41 bits per heavy atom. The maximum absolute atomic E-state index is 13.2. The van der Waals surface area contributed by atoms with E-state index in [0.717, 1.165) is 30.6 Å². The zero-order valence-corrected chi connectivity index (χ0v) is 10.3. The van der Waals surface area contributed by atoms with Gasteiger partial charge in [0.05, 0.1) is 6.61 Å². The number of aryl methyl sites for hydroxylation is 1. The summed E-state index contributed by atoms with van der Waals surface area (Å²) in [5.74, 6) is -0.178. The molecule has 1 unspecified atom stereocenters. The van der Waals surface area contributed by atoms with Gasteiger partial charge in [-0.25, -0.2) is 4.39 Å². The molecule has 1 saturated heterocycles. The van der Waals surface area contributed by atoms with Gasteiger partial charge in [0.2, 0.25) is 0 Å². The van der Waals surface area contributed by atoms with Crippen molar-refractivity contribution < 1.29 is 9.50 Å². The van der Waals surface area contributed by atoms with Gasteiger partial charge in [-0.3, -0.25) is 4.90 Å². The average molecular weight is 237 g/mol. The first-order valence-electron chi connectivity index (χ1n) is 6.30. The molecule has 1 aliphatic heterocycles. The van der Waals surface area contributed by atoms with Crippen molar-refractivity contribution in [3.8, 4) is 0 Å². The van der Waals surface area contributed by atoms with Gasteiger partial charge >= 0.3 is 0 Å². The molecule has 94 valence electrons. The Hall–Kier alpha value is -0.930. The molecule has 1 fully saturated rings. The lowest BCUT2D eigenvalue weighted by Crippen LogP contribution is -2.41. The number of benzene rings is 1. The number of aliphatic hydroxyl groups excluding tert-OH is 1. The number of hydrogen-bond donors (Lipinski definition) is 1. The van der Waals surface area contributed by atoms with E-state index in [0.29, 0.717) is 0 Å². The van der Waals surface area contributed by atoms with E-state index in [1.54, 1.807) is 6.07 Å². The van der Waals surface area contributed by atoms with Crippen LogP contribution in [0.3, 0.4) is 0 Å². The second-order valence-corrected chi connectivity index (χ2v) is 4.87. The second kappa shape index (κ2) is 5.61. The van der Waals surface area contributed by atoms with Crippen LogP contribution in [0, 0.1) is 12.7 Å². The molecule has 0 aliphatic carbocycles. The highest BCUT2D eigenvalue weighted by Crippen LogP contribution is 2.21. The van der Waals surface area contributed by atoms with Crippen LogP contribution in [-0.2, 0) is 6.54 Å². The third-order valence-corrected chi connectivity index (χ3v) is 3.64. The van der Waals surface area contributed by atoms with Gasteiger partial charge in [0.25, 0.3) is 0 Å². The highest BCUT2D eigenvalue weighted by Gasteiger charge is 2.21. The molecule has 0 aromatic heterocycles. The van der Waals surface area contributed by atoms with Gasteiger partial charge in [0.15, 0.2) is 0 Å². The van der Waals surface area contributed by atoms with Crippen molar-refractivity contribution in [1.29, 1.82) is 0 Å². The molecule has 0 amide bonds. The summed E-state index contributed by atoms with van der Waals surface area (Å²) in [4.78, 5) is 2.27. The smallest absolute Gasteiger partial charge is 0.123 e. The summed E-state index contributed by atoms with van der Waals surface area (Å²) in [6.07, 6.45) is 3.40. The minimum Gasteiger partial charge on any atom is -0.395 e. The monoisotopic (exact) mass is 237 g/mol. The highest BCUT2D eigenvalue weighted by molar-refractivity contribution is 5.26. The van der Waals surface area contributed by atoms with Gasteiger partial charge < -0.3 is 5.11 Å². The summed E-state index contributed by atoms with van der Waals surface area (Å²) in [5.41, 5.74) is 2.15. The summed E-state index contributed by atoms with van der Waals surface area (Å²) >= 11 is 0. The van der Waals surface area contributed by atoms with Gasteiger partial charge in [0.1, 0.15) is 5.82 Å². The van der Waals surface area contributed by atoms with Crippen LogP contribution < -0.4 is 0 Å². The first-order chi connectivity index (χ1) is 8.20. The van der Waals surface area contributed by atoms with Crippen LogP contribution in [0.4, 0.5) is 4.39 Å². The lowest BCUT2D eigenvalue weighted by Gasteiger charge is -2.34. The number of hydrogen-bond acceptors (Lipinski definition) is 2. The molecule has 17 heavy (non-hydrogen) atoms. The molecule has 1 N–H and O–H groups in total. The molecule has 0 bridgehead atoms. The molecule has 0 spiro atoms. The van der Waals surface area contributed by atoms with Crippen LogP contribution in [-0.4, -0.2) is 29.2 Å². The SMILES string of the molecule is Cc1ccc(F)cc1CN1CCCCC1CO. The van der Waals surface area contributed by atoms with Crippen LogP contribution in [0.2, 0.25) is 0 Å². The van der Waals surface area contributed by atoms with Gasteiger partial charge in [-0.05, 0) is 49.6 Å². The number of likely N-dealkylation sites (tertiary alicyclic amines) is 1. The van der Waals surface area contributed by atoms with Gasteiger partial charge in [-0.2, -0.15) is 0 Å². The summed E-state index contributed by atoms with van der Waals surface area (Å²) in [5, 5.41) is 9.35. The normalized spacial score (nSPS) is 21.7. The minimum absolute atomic E-state index is 0.178. The van der Waals surface area contributed by atoms with Crippen LogP contribution >= 0.6 is 0 Å². The average Bonchev–Trinajstić information content (AvgIpc) is 2.34. The number of rotatable bonds is 3. The molecule has 3 heteroatoms. The fourth-order valence-electron chi connectivity index (χ4n) is 2.50. The standard InChI is InChI=1S/C14H20FNO/c1-11-5-6-13(15)8-12(11)9-16-7-3-2-4-14(16)10-17/h5-6,8,14,17H,2-4,7,9-10H2,1H3. The van der Waals surface area contributed by atoms with Crippen LogP contribution in [0.1, 0.15) is 30.4 Å². The molecule has 2 nitrogen and oxygen atoms in total. The second-order valence-electron chi connectivity index (χ2n) is 4.87. The summed E-state index contributed by atoms with van der Waals surface area (Å²) in [6.45, 7) is 3.96. The maximum atomic E-state index is 13.2. The number of piperidine rings is 1. The number of aliphatic hydroxyl groups is 1. The molecule has 1 aromatic rings. The van der Waals surface area contributed by atoms with Crippen molar-refractivity contribution in [2.45, 2.75) is 38.8 Å². The van der Waals surface area contributed by atoms with E-state index >= 15 is 0 Å². The molecule has 1 aliphatic rings. The van der Waals surface area contributed by atoms with Crippen LogP contribution in [0.5, 0.6) is 0 Å². The van der Waals surface area contributed by atoms with E-state index in [-0.39, 0.29) is 18.5 Å². The number of nitrogens with zero attached hydrogens (tertiary/aromatic N) is 1. The Balaban J connectivity index is 2.10. The van der Waals surface area contributed by atoms with Crippen molar-refractivity contribution >= 4 is 0 Å². The lowest BCUT2D eigenvalue weighted by atomic mass is 10.0. The van der Waals surface area contributed by atoms with Crippen molar-refractivity contribution in [2.75, 3.05) is 13.2 Å². The molecule has 1 heterocycles. The molecule has 1 atom stereocenters. The molecule has 0 saturated carbocycles. The first-order valence-corrected chi connectivity index (χ1v) is 6.30. The Bertz CT molecular complexity index is 380. The summed E-state index contributed by atoms with van der Waals surface area (Å²) in [6, 6.07) is 5.17. The zero-order valence-electron chi connectivity index (χ0n) is 10.3. The van der Waals surface area contributed by atoms with Crippen molar-refractivity contribution in [3.05, 3.63) is 35.1 Å². The predicted octanol–water partition coefficient (Wildman–Crippen LogP) is 2.48. The molecule has 1 aromatic carbocycles. The van der Waals surface area contributed by atoms with Crippen LogP contribution in [0.15, 0.2) is 18.2 Å². The third kappa shape index (κ3) is 3.05. The fourth-order valence-corrected chi connectivity index (χ4v) is 2.50. The zero-order chi connectivity index (χ0) is 12.3. The fraction of sp³-hybridized carbons (Fsp3) is 0.571. The van der Waals surface area contributed by atoms with Crippen molar-refractivity contribution in [2.24, 2.45) is 0 Å². The Morgan fingerprint density at radius 2 is 2.24 bits per heavy atom. The third-order valence-electron chi connectivity index (χ3n) is 3.64. The molecule has 2 rings (SSSR count). The highest BCUT2D eigenvalue weighted by atomic mass is 19.1. The van der Waals surface area contributed by atoms with E-state index in [2.05, 4.69) is 4.90 Å². The maximum Gasteiger partial charge on any atom is 0.123 e. The van der Waals surface area contributed by atoms with E-state index in [4.69, 9.17) is 0 Å². The Morgan fingerprint density at radius 3 is 3.00 bits per heavy atom. The summed E-state index contributed by atoms with van der Waals surface area (Å²) < 4.78 is 13.2. The van der Waals surface area contributed by atoms with Crippen LogP contribution in [0.25, 0.3) is 0 Å². The topological polar surface area (TPSA) is 23.5 Å². The predicted molar refractivity (Wildman–Crippen MR) is 66.3 cm³/mol. The van der Waals surface area contributed by atoms with Gasteiger partial charge in [-0.1, -0.05) is 12.5 Å². The lowest BCUT2D eigenvalue weighted by molar-refractivity contribution is 0.0839.